The first-order valence-corrected chi connectivity index (χ1v) is 10.1. The fraction of sp³-hybridized carbons (Fsp3) is 1.00. The van der Waals surface area contributed by atoms with E-state index in [4.69, 9.17) is 13.3 Å². The highest BCUT2D eigenvalue weighted by atomic mass is 28.4. The summed E-state index contributed by atoms with van der Waals surface area (Å²) in [6.45, 7) is 15.5. The minimum Gasteiger partial charge on any atom is -0.374 e. The van der Waals surface area contributed by atoms with Crippen molar-refractivity contribution >= 4 is 8.80 Å². The van der Waals surface area contributed by atoms with Crippen molar-refractivity contribution in [3.8, 4) is 0 Å². The van der Waals surface area contributed by atoms with E-state index in [9.17, 15) is 0 Å². The molecule has 0 saturated heterocycles. The van der Waals surface area contributed by atoms with E-state index in [0.29, 0.717) is 36.2 Å². The molecule has 0 aromatic heterocycles. The number of fused-ring (bicyclic) bond motifs is 2. The average molecular weight is 301 g/mol. The van der Waals surface area contributed by atoms with Gasteiger partial charge in [0.25, 0.3) is 0 Å². The summed E-state index contributed by atoms with van der Waals surface area (Å²) in [6.07, 6.45) is 3.86. The van der Waals surface area contributed by atoms with Crippen LogP contribution in [-0.2, 0) is 13.3 Å². The number of rotatable bonds is 7. The lowest BCUT2D eigenvalue weighted by atomic mass is 9.71. The first-order valence-electron chi connectivity index (χ1n) is 8.29. The van der Waals surface area contributed by atoms with Crippen LogP contribution < -0.4 is 0 Å². The first kappa shape index (κ1) is 16.5. The summed E-state index contributed by atoms with van der Waals surface area (Å²) in [7, 11) is -2.58. The maximum atomic E-state index is 6.20. The Balaban J connectivity index is 2.35. The summed E-state index contributed by atoms with van der Waals surface area (Å²) >= 11 is 0. The van der Waals surface area contributed by atoms with Crippen LogP contribution in [0.5, 0.6) is 0 Å². The second-order valence-corrected chi connectivity index (χ2v) is 9.84. The van der Waals surface area contributed by atoms with Crippen molar-refractivity contribution in [3.05, 3.63) is 0 Å². The second kappa shape index (κ2) is 5.71. The smallest absolute Gasteiger partial charge is 0.374 e. The molecule has 0 aromatic rings. The molecule has 20 heavy (non-hydrogen) atoms. The lowest BCUT2D eigenvalue weighted by molar-refractivity contribution is 0.0333. The molecular formula is C16H32O3Si. The number of hydrogen-bond acceptors (Lipinski definition) is 3. The first-order chi connectivity index (χ1) is 9.38. The topological polar surface area (TPSA) is 27.7 Å². The SMILES string of the molecule is CCO[Si](OCC)(OCC)C1CC2CCC1(C)C2(C)C. The van der Waals surface area contributed by atoms with E-state index >= 15 is 0 Å². The highest BCUT2D eigenvalue weighted by molar-refractivity contribution is 6.62. The van der Waals surface area contributed by atoms with Crippen molar-refractivity contribution in [2.24, 2.45) is 16.7 Å². The van der Waals surface area contributed by atoms with Crippen molar-refractivity contribution in [2.45, 2.75) is 66.3 Å². The fourth-order valence-electron chi connectivity index (χ4n) is 4.77. The summed E-state index contributed by atoms with van der Waals surface area (Å²) < 4.78 is 18.6. The summed E-state index contributed by atoms with van der Waals surface area (Å²) in [5, 5.41) is 0. The Hall–Kier alpha value is 0.0969. The minimum atomic E-state index is -2.58. The van der Waals surface area contributed by atoms with E-state index < -0.39 is 8.80 Å². The van der Waals surface area contributed by atoms with Gasteiger partial charge in [-0.1, -0.05) is 20.8 Å². The van der Waals surface area contributed by atoms with Gasteiger partial charge in [-0.3, -0.25) is 0 Å². The molecule has 0 heterocycles. The van der Waals surface area contributed by atoms with E-state index in [1.54, 1.807) is 0 Å². The summed E-state index contributed by atoms with van der Waals surface area (Å²) in [5.41, 5.74) is 1.13. The molecule has 0 aromatic carbocycles. The van der Waals surface area contributed by atoms with Gasteiger partial charge in [0.05, 0.1) is 0 Å². The molecule has 118 valence electrons. The third kappa shape index (κ3) is 2.19. The van der Waals surface area contributed by atoms with Gasteiger partial charge in [-0.05, 0) is 56.8 Å². The largest absolute Gasteiger partial charge is 0.504 e. The van der Waals surface area contributed by atoms with Crippen molar-refractivity contribution in [1.82, 2.24) is 0 Å². The van der Waals surface area contributed by atoms with E-state index in [1.807, 2.05) is 0 Å². The van der Waals surface area contributed by atoms with Crippen molar-refractivity contribution in [2.75, 3.05) is 19.8 Å². The molecule has 0 radical (unpaired) electrons. The van der Waals surface area contributed by atoms with Gasteiger partial charge in [-0.2, -0.15) is 0 Å². The highest BCUT2D eigenvalue weighted by Gasteiger charge is 2.70. The third-order valence-corrected chi connectivity index (χ3v) is 10.1. The summed E-state index contributed by atoms with van der Waals surface area (Å²) in [6, 6.07) is 0. The van der Waals surface area contributed by atoms with Gasteiger partial charge in [-0.25, -0.2) is 0 Å². The average Bonchev–Trinajstić information content (AvgIpc) is 2.72. The van der Waals surface area contributed by atoms with E-state index in [2.05, 4.69) is 41.5 Å². The molecule has 2 fully saturated rings. The lowest BCUT2D eigenvalue weighted by Gasteiger charge is -2.45. The Labute approximate surface area is 125 Å². The molecule has 4 heteroatoms. The van der Waals surface area contributed by atoms with Gasteiger partial charge in [-0.15, -0.1) is 0 Å². The predicted octanol–water partition coefficient (Wildman–Crippen LogP) is 4.25. The molecular weight excluding hydrogens is 268 g/mol. The molecule has 2 rings (SSSR count). The quantitative estimate of drug-likeness (QED) is 0.658. The summed E-state index contributed by atoms with van der Waals surface area (Å²) in [4.78, 5) is 0. The van der Waals surface area contributed by atoms with Crippen LogP contribution in [-0.4, -0.2) is 28.6 Å². The number of hydrogen-bond donors (Lipinski definition) is 0. The Kier molecular flexibility index (Phi) is 4.70. The van der Waals surface area contributed by atoms with Gasteiger partial charge in [0.1, 0.15) is 0 Å². The monoisotopic (exact) mass is 300 g/mol. The fourth-order valence-corrected chi connectivity index (χ4v) is 8.70. The van der Waals surface area contributed by atoms with Crippen molar-refractivity contribution in [1.29, 1.82) is 0 Å². The summed E-state index contributed by atoms with van der Waals surface area (Å²) in [5.74, 6) is 0.797. The van der Waals surface area contributed by atoms with Crippen LogP contribution >= 0.6 is 0 Å². The molecule has 0 aliphatic heterocycles. The standard InChI is InChI=1S/C16H32O3Si/c1-7-17-20(18-8-2,19-9-3)14-12-13-10-11-16(14,6)15(13,4)5/h13-14H,7-12H2,1-6H3. The molecule has 2 aliphatic rings. The Morgan fingerprint density at radius 1 is 0.950 bits per heavy atom. The molecule has 3 nitrogen and oxygen atoms in total. The van der Waals surface area contributed by atoms with Gasteiger partial charge in [0.2, 0.25) is 0 Å². The zero-order valence-electron chi connectivity index (χ0n) is 14.1. The van der Waals surface area contributed by atoms with Crippen LogP contribution in [0.15, 0.2) is 0 Å². The molecule has 0 spiro atoms. The Bertz CT molecular complexity index is 328. The molecule has 3 unspecified atom stereocenters. The van der Waals surface area contributed by atoms with Crippen molar-refractivity contribution < 1.29 is 13.3 Å². The van der Waals surface area contributed by atoms with E-state index in [0.717, 1.165) is 5.92 Å². The lowest BCUT2D eigenvalue weighted by Crippen LogP contribution is -2.55. The minimum absolute atomic E-state index is 0.295. The Morgan fingerprint density at radius 3 is 1.75 bits per heavy atom. The molecule has 0 N–H and O–H groups in total. The maximum absolute atomic E-state index is 6.20. The van der Waals surface area contributed by atoms with Crippen LogP contribution in [0.2, 0.25) is 5.54 Å². The molecule has 2 bridgehead atoms. The highest BCUT2D eigenvalue weighted by Crippen LogP contribution is 2.72. The molecule has 2 aliphatic carbocycles. The predicted molar refractivity (Wildman–Crippen MR) is 83.6 cm³/mol. The van der Waals surface area contributed by atoms with E-state index in [1.165, 1.54) is 19.3 Å². The maximum Gasteiger partial charge on any atom is 0.504 e. The Morgan fingerprint density at radius 2 is 1.45 bits per heavy atom. The van der Waals surface area contributed by atoms with Crippen LogP contribution in [0.1, 0.15) is 60.8 Å². The zero-order chi connectivity index (χ0) is 15.0. The van der Waals surface area contributed by atoms with Crippen LogP contribution in [0.4, 0.5) is 0 Å². The van der Waals surface area contributed by atoms with E-state index in [-0.39, 0.29) is 0 Å². The van der Waals surface area contributed by atoms with Gasteiger partial charge in [0.15, 0.2) is 0 Å². The molecule has 2 saturated carbocycles. The molecule has 3 atom stereocenters. The van der Waals surface area contributed by atoms with Gasteiger partial charge >= 0.3 is 8.80 Å². The molecule has 0 amide bonds. The van der Waals surface area contributed by atoms with Gasteiger partial charge < -0.3 is 13.3 Å². The van der Waals surface area contributed by atoms with Crippen LogP contribution in [0, 0.1) is 16.7 Å². The van der Waals surface area contributed by atoms with Crippen molar-refractivity contribution in [3.63, 3.8) is 0 Å². The third-order valence-electron chi connectivity index (χ3n) is 6.26. The zero-order valence-corrected chi connectivity index (χ0v) is 15.1. The van der Waals surface area contributed by atoms with Crippen LogP contribution in [0.3, 0.4) is 0 Å². The van der Waals surface area contributed by atoms with Crippen LogP contribution in [0.25, 0.3) is 0 Å². The second-order valence-electron chi connectivity index (χ2n) is 7.07. The van der Waals surface area contributed by atoms with Gasteiger partial charge in [0, 0.05) is 25.4 Å². The normalized spacial score (nSPS) is 35.7.